The molecular formula is C15H9NO6. The van der Waals surface area contributed by atoms with Crippen LogP contribution in [0.1, 0.15) is 10.6 Å². The van der Waals surface area contributed by atoms with Gasteiger partial charge in [-0.1, -0.05) is 5.16 Å². The number of benzene rings is 1. The number of methoxy groups -OCH3 is 1. The van der Waals surface area contributed by atoms with Crippen molar-refractivity contribution < 1.29 is 28.0 Å². The van der Waals surface area contributed by atoms with Gasteiger partial charge in [0.15, 0.2) is 11.3 Å². The molecule has 0 amide bonds. The van der Waals surface area contributed by atoms with Crippen LogP contribution >= 0.6 is 0 Å². The highest BCUT2D eigenvalue weighted by molar-refractivity contribution is 6.13. The summed E-state index contributed by atoms with van der Waals surface area (Å²) in [6, 6.07) is 4.83. The van der Waals surface area contributed by atoms with Crippen LogP contribution in [0.4, 0.5) is 0 Å². The number of carboxylic acid groups (broad SMARTS) is 1. The SMILES string of the molecule is COc1c2ccoc2c(-c2cc(C(=O)O)on2)c2ccoc12. The van der Waals surface area contributed by atoms with Crippen molar-refractivity contribution in [1.29, 1.82) is 0 Å². The van der Waals surface area contributed by atoms with E-state index in [1.54, 1.807) is 19.2 Å². The highest BCUT2D eigenvalue weighted by Crippen LogP contribution is 2.43. The van der Waals surface area contributed by atoms with Crippen molar-refractivity contribution in [3.63, 3.8) is 0 Å². The third kappa shape index (κ3) is 1.56. The van der Waals surface area contributed by atoms with Crippen LogP contribution in [0.25, 0.3) is 33.2 Å². The van der Waals surface area contributed by atoms with E-state index >= 15 is 0 Å². The molecule has 0 unspecified atom stereocenters. The van der Waals surface area contributed by atoms with E-state index in [-0.39, 0.29) is 5.76 Å². The maximum absolute atomic E-state index is 11.0. The molecule has 0 saturated heterocycles. The Balaban J connectivity index is 2.12. The normalized spacial score (nSPS) is 11.3. The number of hydrogen-bond donors (Lipinski definition) is 1. The van der Waals surface area contributed by atoms with Crippen LogP contribution in [0, 0.1) is 0 Å². The fraction of sp³-hybridized carbons (Fsp3) is 0.0667. The summed E-state index contributed by atoms with van der Waals surface area (Å²) in [7, 11) is 1.54. The van der Waals surface area contributed by atoms with Gasteiger partial charge in [0, 0.05) is 11.5 Å². The van der Waals surface area contributed by atoms with Gasteiger partial charge in [0.05, 0.1) is 30.6 Å². The van der Waals surface area contributed by atoms with Crippen molar-refractivity contribution in [3.05, 3.63) is 36.5 Å². The summed E-state index contributed by atoms with van der Waals surface area (Å²) in [6.07, 6.45) is 3.04. The molecule has 0 aliphatic carbocycles. The number of rotatable bonds is 3. The number of furan rings is 2. The third-order valence-corrected chi connectivity index (χ3v) is 3.46. The summed E-state index contributed by atoms with van der Waals surface area (Å²) in [5.41, 5.74) is 2.01. The van der Waals surface area contributed by atoms with Crippen LogP contribution in [0.2, 0.25) is 0 Å². The van der Waals surface area contributed by atoms with Crippen LogP contribution in [0.5, 0.6) is 5.75 Å². The van der Waals surface area contributed by atoms with Gasteiger partial charge >= 0.3 is 5.97 Å². The summed E-state index contributed by atoms with van der Waals surface area (Å²) < 4.78 is 21.3. The van der Waals surface area contributed by atoms with Gasteiger partial charge in [-0.2, -0.15) is 0 Å². The fourth-order valence-electron chi connectivity index (χ4n) is 2.56. The quantitative estimate of drug-likeness (QED) is 0.617. The number of carboxylic acids is 1. The lowest BCUT2D eigenvalue weighted by Gasteiger charge is -2.06. The molecule has 3 aromatic heterocycles. The maximum Gasteiger partial charge on any atom is 0.374 e. The minimum Gasteiger partial charge on any atom is -0.492 e. The number of aromatic carboxylic acids is 1. The minimum atomic E-state index is -1.19. The Labute approximate surface area is 122 Å². The lowest BCUT2D eigenvalue weighted by Crippen LogP contribution is -1.91. The first kappa shape index (κ1) is 12.5. The number of ether oxygens (including phenoxy) is 1. The van der Waals surface area contributed by atoms with E-state index in [4.69, 9.17) is 23.2 Å². The molecule has 22 heavy (non-hydrogen) atoms. The summed E-state index contributed by atoms with van der Waals surface area (Å²) in [5, 5.41) is 14.2. The Bertz CT molecular complexity index is 954. The highest BCUT2D eigenvalue weighted by Gasteiger charge is 2.23. The van der Waals surface area contributed by atoms with E-state index in [1.807, 2.05) is 0 Å². The van der Waals surface area contributed by atoms with Gasteiger partial charge in [0.25, 0.3) is 0 Å². The van der Waals surface area contributed by atoms with Crippen LogP contribution in [0.15, 0.2) is 44.1 Å². The van der Waals surface area contributed by atoms with E-state index < -0.39 is 5.97 Å². The fourth-order valence-corrected chi connectivity index (χ4v) is 2.56. The molecule has 0 bridgehead atoms. The van der Waals surface area contributed by atoms with Gasteiger partial charge in [0.1, 0.15) is 11.3 Å². The lowest BCUT2D eigenvalue weighted by atomic mass is 10.0. The molecular weight excluding hydrogens is 290 g/mol. The molecule has 4 aromatic rings. The summed E-state index contributed by atoms with van der Waals surface area (Å²) in [4.78, 5) is 11.0. The number of aromatic nitrogens is 1. The maximum atomic E-state index is 11.0. The summed E-state index contributed by atoms with van der Waals surface area (Å²) >= 11 is 0. The second-order valence-corrected chi connectivity index (χ2v) is 4.62. The first-order valence-electron chi connectivity index (χ1n) is 6.35. The lowest BCUT2D eigenvalue weighted by molar-refractivity contribution is 0.0652. The van der Waals surface area contributed by atoms with Crippen molar-refractivity contribution >= 4 is 27.9 Å². The van der Waals surface area contributed by atoms with Crippen molar-refractivity contribution in [3.8, 4) is 17.0 Å². The van der Waals surface area contributed by atoms with Crippen LogP contribution < -0.4 is 4.74 Å². The van der Waals surface area contributed by atoms with Crippen molar-refractivity contribution in [2.24, 2.45) is 0 Å². The number of hydrogen-bond acceptors (Lipinski definition) is 6. The molecule has 110 valence electrons. The van der Waals surface area contributed by atoms with Crippen molar-refractivity contribution in [2.45, 2.75) is 0 Å². The zero-order valence-electron chi connectivity index (χ0n) is 11.3. The Kier molecular flexibility index (Phi) is 2.50. The van der Waals surface area contributed by atoms with E-state index in [2.05, 4.69) is 5.16 Å². The van der Waals surface area contributed by atoms with Gasteiger partial charge in [-0.25, -0.2) is 4.79 Å². The molecule has 3 heterocycles. The molecule has 0 aliphatic rings. The molecule has 7 nitrogen and oxygen atoms in total. The van der Waals surface area contributed by atoms with Gasteiger partial charge in [0.2, 0.25) is 5.76 Å². The largest absolute Gasteiger partial charge is 0.492 e. The standard InChI is InChI=1S/C15H9NO6/c1-19-13-8-3-5-20-12(8)11(7-2-4-21-14(7)13)9-6-10(15(17)18)22-16-9/h2-6H,1H3,(H,17,18). The van der Waals surface area contributed by atoms with Gasteiger partial charge in [-0.3, -0.25) is 0 Å². The van der Waals surface area contributed by atoms with Gasteiger partial charge in [-0.05, 0) is 12.1 Å². The van der Waals surface area contributed by atoms with E-state index in [0.717, 1.165) is 0 Å². The van der Waals surface area contributed by atoms with Crippen LogP contribution in [-0.4, -0.2) is 23.3 Å². The van der Waals surface area contributed by atoms with Crippen molar-refractivity contribution in [2.75, 3.05) is 7.11 Å². The summed E-state index contributed by atoms with van der Waals surface area (Å²) in [5.74, 6) is -0.886. The second kappa shape index (κ2) is 4.39. The Morgan fingerprint density at radius 3 is 2.59 bits per heavy atom. The molecule has 0 spiro atoms. The van der Waals surface area contributed by atoms with Gasteiger partial charge in [-0.15, -0.1) is 0 Å². The molecule has 0 atom stereocenters. The molecule has 4 rings (SSSR count). The third-order valence-electron chi connectivity index (χ3n) is 3.46. The summed E-state index contributed by atoms with van der Waals surface area (Å²) in [6.45, 7) is 0. The number of carbonyl (C=O) groups is 1. The van der Waals surface area contributed by atoms with Crippen molar-refractivity contribution in [1.82, 2.24) is 5.16 Å². The molecule has 1 N–H and O–H groups in total. The second-order valence-electron chi connectivity index (χ2n) is 4.62. The Morgan fingerprint density at radius 2 is 1.91 bits per heavy atom. The predicted molar refractivity (Wildman–Crippen MR) is 75.0 cm³/mol. The topological polar surface area (TPSA) is 98.8 Å². The Hall–Kier alpha value is -3.22. The minimum absolute atomic E-state index is 0.248. The van der Waals surface area contributed by atoms with Gasteiger partial charge < -0.3 is 23.2 Å². The van der Waals surface area contributed by atoms with E-state index in [1.165, 1.54) is 18.6 Å². The van der Waals surface area contributed by atoms with Crippen LogP contribution in [-0.2, 0) is 0 Å². The van der Waals surface area contributed by atoms with E-state index in [0.29, 0.717) is 38.9 Å². The zero-order chi connectivity index (χ0) is 15.3. The predicted octanol–water partition coefficient (Wildman–Crippen LogP) is 3.54. The smallest absolute Gasteiger partial charge is 0.374 e. The molecule has 0 aliphatic heterocycles. The average molecular weight is 299 g/mol. The molecule has 1 aromatic carbocycles. The number of fused-ring (bicyclic) bond motifs is 2. The first-order valence-corrected chi connectivity index (χ1v) is 6.35. The highest BCUT2D eigenvalue weighted by atomic mass is 16.5. The molecule has 0 saturated carbocycles. The monoisotopic (exact) mass is 299 g/mol. The average Bonchev–Trinajstić information content (AvgIpc) is 3.23. The number of nitrogens with zero attached hydrogens (tertiary/aromatic N) is 1. The molecule has 0 radical (unpaired) electrons. The molecule has 0 fully saturated rings. The first-order chi connectivity index (χ1) is 10.7. The van der Waals surface area contributed by atoms with E-state index in [9.17, 15) is 4.79 Å². The van der Waals surface area contributed by atoms with Crippen LogP contribution in [0.3, 0.4) is 0 Å². The zero-order valence-corrected chi connectivity index (χ0v) is 11.3. The Morgan fingerprint density at radius 1 is 1.18 bits per heavy atom. The molecule has 7 heteroatoms.